The first-order chi connectivity index (χ1) is 10.9. The van der Waals surface area contributed by atoms with Gasteiger partial charge in [0.15, 0.2) is 0 Å². The molecule has 1 N–H and O–H groups in total. The molecule has 0 bridgehead atoms. The zero-order valence-corrected chi connectivity index (χ0v) is 14.5. The van der Waals surface area contributed by atoms with E-state index in [2.05, 4.69) is 33.9 Å². The predicted molar refractivity (Wildman–Crippen MR) is 94.8 cm³/mol. The largest absolute Gasteiger partial charge is 0.481 e. The number of carbonyl (C=O) groups excluding carboxylic acids is 1. The highest BCUT2D eigenvalue weighted by atomic mass is 79.9. The summed E-state index contributed by atoms with van der Waals surface area (Å²) in [5, 5.41) is 2.95. The number of halogens is 1. The maximum Gasteiger partial charge on any atom is 0.236 e. The van der Waals surface area contributed by atoms with Crippen molar-refractivity contribution in [3.05, 3.63) is 64.1 Å². The highest BCUT2D eigenvalue weighted by Gasteiger charge is 2.52. The van der Waals surface area contributed by atoms with Gasteiger partial charge in [0, 0.05) is 21.3 Å². The number of aryl methyl sites for hydroxylation is 1. The fraction of sp³-hybridized carbons (Fsp3) is 0.211. The van der Waals surface area contributed by atoms with Crippen LogP contribution in [0.5, 0.6) is 5.75 Å². The molecule has 23 heavy (non-hydrogen) atoms. The van der Waals surface area contributed by atoms with Crippen LogP contribution in [0.15, 0.2) is 47.4 Å². The Kier molecular flexibility index (Phi) is 2.97. The van der Waals surface area contributed by atoms with Crippen molar-refractivity contribution in [3.8, 4) is 5.75 Å². The monoisotopic (exact) mass is 369 g/mol. The molecule has 0 saturated carbocycles. The third-order valence-corrected chi connectivity index (χ3v) is 5.27. The van der Waals surface area contributed by atoms with Crippen LogP contribution in [0.1, 0.15) is 29.5 Å². The third-order valence-electron chi connectivity index (χ3n) is 4.78. The Balaban J connectivity index is 1.85. The number of amides is 1. The standard InChI is InChI=1S/C19H16BrNO2/c1-10-4-7-16-13(8-10)11(2)19(3,23-16)17-14-9-12(20)5-6-15(14)21-18(17)22/h4-9,17H,2H2,1,3H3,(H,21,22)/t17-,19+/m1/s1. The summed E-state index contributed by atoms with van der Waals surface area (Å²) in [5.41, 5.74) is 3.99. The second-order valence-electron chi connectivity index (χ2n) is 6.34. The summed E-state index contributed by atoms with van der Waals surface area (Å²) < 4.78 is 7.18. The maximum atomic E-state index is 12.7. The van der Waals surface area contributed by atoms with Crippen LogP contribution in [0.2, 0.25) is 0 Å². The minimum absolute atomic E-state index is 0.0497. The highest BCUT2D eigenvalue weighted by Crippen LogP contribution is 2.53. The van der Waals surface area contributed by atoms with Crippen molar-refractivity contribution >= 4 is 33.1 Å². The van der Waals surface area contributed by atoms with Gasteiger partial charge in [-0.2, -0.15) is 0 Å². The van der Waals surface area contributed by atoms with Crippen LogP contribution >= 0.6 is 15.9 Å². The van der Waals surface area contributed by atoms with Gasteiger partial charge < -0.3 is 10.1 Å². The molecule has 2 aliphatic heterocycles. The molecule has 2 aromatic carbocycles. The lowest BCUT2D eigenvalue weighted by atomic mass is 9.78. The molecule has 0 aromatic heterocycles. The minimum atomic E-state index is -0.785. The minimum Gasteiger partial charge on any atom is -0.481 e. The average molecular weight is 370 g/mol. The molecular weight excluding hydrogens is 354 g/mol. The van der Waals surface area contributed by atoms with Gasteiger partial charge in [-0.3, -0.25) is 4.79 Å². The number of hydrogen-bond donors (Lipinski definition) is 1. The molecule has 0 aliphatic carbocycles. The molecule has 4 heteroatoms. The quantitative estimate of drug-likeness (QED) is 0.793. The molecular formula is C19H16BrNO2. The van der Waals surface area contributed by atoms with Crippen LogP contribution < -0.4 is 10.1 Å². The molecule has 1 amide bonds. The molecule has 0 fully saturated rings. The topological polar surface area (TPSA) is 38.3 Å². The van der Waals surface area contributed by atoms with E-state index in [9.17, 15) is 4.79 Å². The number of hydrogen-bond acceptors (Lipinski definition) is 2. The van der Waals surface area contributed by atoms with Gasteiger partial charge in [-0.25, -0.2) is 0 Å². The Bertz CT molecular complexity index is 874. The molecule has 3 nitrogen and oxygen atoms in total. The lowest BCUT2D eigenvalue weighted by molar-refractivity contribution is -0.119. The van der Waals surface area contributed by atoms with Crippen LogP contribution in [0.25, 0.3) is 5.57 Å². The van der Waals surface area contributed by atoms with Gasteiger partial charge in [-0.1, -0.05) is 34.1 Å². The normalized spacial score (nSPS) is 24.9. The number of nitrogens with one attached hydrogen (secondary N) is 1. The molecule has 116 valence electrons. The fourth-order valence-electron chi connectivity index (χ4n) is 3.54. The summed E-state index contributed by atoms with van der Waals surface area (Å²) in [6.45, 7) is 8.24. The molecule has 2 aliphatic rings. The number of rotatable bonds is 1. The molecule has 0 radical (unpaired) electrons. The first-order valence-electron chi connectivity index (χ1n) is 7.50. The summed E-state index contributed by atoms with van der Waals surface area (Å²) in [5.74, 6) is 0.320. The zero-order valence-electron chi connectivity index (χ0n) is 12.9. The third kappa shape index (κ3) is 1.98. The van der Waals surface area contributed by atoms with Crippen molar-refractivity contribution in [2.75, 3.05) is 5.32 Å². The lowest BCUT2D eigenvalue weighted by Gasteiger charge is -2.30. The van der Waals surface area contributed by atoms with E-state index in [-0.39, 0.29) is 5.91 Å². The molecule has 2 atom stereocenters. The number of ether oxygens (including phenoxy) is 1. The Morgan fingerprint density at radius 1 is 1.26 bits per heavy atom. The second-order valence-corrected chi connectivity index (χ2v) is 7.26. The van der Waals surface area contributed by atoms with E-state index >= 15 is 0 Å². The van der Waals surface area contributed by atoms with Crippen molar-refractivity contribution in [1.29, 1.82) is 0 Å². The first-order valence-corrected chi connectivity index (χ1v) is 8.29. The number of anilines is 1. The van der Waals surface area contributed by atoms with Crippen LogP contribution in [0.4, 0.5) is 5.69 Å². The molecule has 2 heterocycles. The zero-order chi connectivity index (χ0) is 16.4. The van der Waals surface area contributed by atoms with Gasteiger partial charge in [0.05, 0.1) is 0 Å². The Labute approximate surface area is 143 Å². The van der Waals surface area contributed by atoms with Crippen molar-refractivity contribution < 1.29 is 9.53 Å². The SMILES string of the molecule is C=C1c2cc(C)ccc2O[C@]1(C)[C@H]1C(=O)Nc2ccc(Br)cc21. The summed E-state index contributed by atoms with van der Waals surface area (Å²) in [4.78, 5) is 12.7. The Morgan fingerprint density at radius 3 is 2.83 bits per heavy atom. The fourth-order valence-corrected chi connectivity index (χ4v) is 3.92. The summed E-state index contributed by atoms with van der Waals surface area (Å²) in [6.07, 6.45) is 0. The van der Waals surface area contributed by atoms with Gasteiger partial charge >= 0.3 is 0 Å². The lowest BCUT2D eigenvalue weighted by Crippen LogP contribution is -2.40. The van der Waals surface area contributed by atoms with Crippen LogP contribution in [-0.2, 0) is 4.79 Å². The van der Waals surface area contributed by atoms with Crippen molar-refractivity contribution in [2.45, 2.75) is 25.4 Å². The van der Waals surface area contributed by atoms with Gasteiger partial charge in [0.25, 0.3) is 0 Å². The number of benzene rings is 2. The van der Waals surface area contributed by atoms with Gasteiger partial charge in [0.1, 0.15) is 17.3 Å². The molecule has 0 spiro atoms. The molecule has 2 aromatic rings. The van der Waals surface area contributed by atoms with Crippen molar-refractivity contribution in [1.82, 2.24) is 0 Å². The van der Waals surface area contributed by atoms with Crippen LogP contribution in [0.3, 0.4) is 0 Å². The van der Waals surface area contributed by atoms with Gasteiger partial charge in [0.2, 0.25) is 5.91 Å². The van der Waals surface area contributed by atoms with E-state index in [4.69, 9.17) is 4.74 Å². The van der Waals surface area contributed by atoms with E-state index in [0.29, 0.717) is 0 Å². The Morgan fingerprint density at radius 2 is 2.04 bits per heavy atom. The second kappa shape index (κ2) is 4.71. The smallest absolute Gasteiger partial charge is 0.236 e. The Hall–Kier alpha value is -2.07. The van der Waals surface area contributed by atoms with E-state index < -0.39 is 11.5 Å². The number of fused-ring (bicyclic) bond motifs is 2. The van der Waals surface area contributed by atoms with E-state index in [1.807, 2.05) is 44.2 Å². The number of carbonyl (C=O) groups is 1. The molecule has 4 rings (SSSR count). The first kappa shape index (κ1) is 14.5. The maximum absolute atomic E-state index is 12.7. The summed E-state index contributed by atoms with van der Waals surface area (Å²) in [7, 11) is 0. The van der Waals surface area contributed by atoms with Gasteiger partial charge in [-0.15, -0.1) is 0 Å². The average Bonchev–Trinajstić information content (AvgIpc) is 2.95. The summed E-state index contributed by atoms with van der Waals surface area (Å²) in [6, 6.07) is 11.8. The van der Waals surface area contributed by atoms with Crippen molar-refractivity contribution in [3.63, 3.8) is 0 Å². The van der Waals surface area contributed by atoms with Crippen LogP contribution in [-0.4, -0.2) is 11.5 Å². The predicted octanol–water partition coefficient (Wildman–Crippen LogP) is 4.66. The van der Waals surface area contributed by atoms with E-state index in [1.54, 1.807) is 0 Å². The molecule has 0 unspecified atom stereocenters. The van der Waals surface area contributed by atoms with Gasteiger partial charge in [-0.05, 0) is 49.7 Å². The summed E-state index contributed by atoms with van der Waals surface area (Å²) >= 11 is 3.49. The van der Waals surface area contributed by atoms with Crippen LogP contribution in [0, 0.1) is 6.92 Å². The highest BCUT2D eigenvalue weighted by molar-refractivity contribution is 9.10. The van der Waals surface area contributed by atoms with Crippen molar-refractivity contribution in [2.24, 2.45) is 0 Å². The van der Waals surface area contributed by atoms with E-state index in [0.717, 1.165) is 38.2 Å². The molecule has 0 saturated heterocycles. The van der Waals surface area contributed by atoms with E-state index in [1.165, 1.54) is 0 Å².